The predicted molar refractivity (Wildman–Crippen MR) is 180 cm³/mol. The third-order valence-corrected chi connectivity index (χ3v) is 10.8. The highest BCUT2D eigenvalue weighted by Crippen LogP contribution is 2.43. The van der Waals surface area contributed by atoms with Crippen molar-refractivity contribution >= 4 is 45.2 Å². The molecule has 4 rings (SSSR count). The van der Waals surface area contributed by atoms with E-state index in [4.69, 9.17) is 32.7 Å². The summed E-state index contributed by atoms with van der Waals surface area (Å²) in [5.74, 6) is 1.07. The fraction of sp³-hybridized carbons (Fsp3) is 0.222. The number of hydrogen-bond donors (Lipinski definition) is 0. The van der Waals surface area contributed by atoms with Crippen LogP contribution >= 0.6 is 23.2 Å². The lowest BCUT2D eigenvalue weighted by atomic mass is 10.0. The Balaban J connectivity index is 1.95. The first-order valence-corrected chi connectivity index (χ1v) is 16.2. The van der Waals surface area contributed by atoms with Gasteiger partial charge in [0, 0.05) is 10.0 Å². The first-order valence-electron chi connectivity index (χ1n) is 13.9. The van der Waals surface area contributed by atoms with Crippen molar-refractivity contribution < 1.29 is 17.9 Å². The molecule has 4 aromatic carbocycles. The molecule has 0 aliphatic rings. The van der Waals surface area contributed by atoms with E-state index in [1.54, 1.807) is 62.8 Å². The normalized spacial score (nSPS) is 13.4. The summed E-state index contributed by atoms with van der Waals surface area (Å²) in [6, 6.07) is 22.0. The van der Waals surface area contributed by atoms with Crippen LogP contribution in [-0.4, -0.2) is 22.6 Å². The Morgan fingerprint density at radius 2 is 1.02 bits per heavy atom. The van der Waals surface area contributed by atoms with Gasteiger partial charge >= 0.3 is 0 Å². The van der Waals surface area contributed by atoms with Crippen LogP contribution in [0.1, 0.15) is 55.0 Å². The quantitative estimate of drug-likeness (QED) is 0.174. The number of ether oxygens (including phenoxy) is 2. The first-order chi connectivity index (χ1) is 20.5. The van der Waals surface area contributed by atoms with Gasteiger partial charge in [-0.3, -0.25) is 0 Å². The maximum atomic E-state index is 14.9. The van der Waals surface area contributed by atoms with Gasteiger partial charge in [-0.25, -0.2) is 8.42 Å². The van der Waals surface area contributed by atoms with Crippen LogP contribution in [0.2, 0.25) is 10.0 Å². The predicted octanol–water partition coefficient (Wildman–Crippen LogP) is 9.87. The van der Waals surface area contributed by atoms with Crippen LogP contribution in [0.4, 0.5) is 0 Å². The zero-order valence-electron chi connectivity index (χ0n) is 25.2. The third-order valence-electron chi connectivity index (χ3n) is 7.93. The fourth-order valence-electron chi connectivity index (χ4n) is 4.96. The van der Waals surface area contributed by atoms with Gasteiger partial charge < -0.3 is 9.47 Å². The Hall–Kier alpha value is -3.51. The molecule has 43 heavy (non-hydrogen) atoms. The molecule has 0 spiro atoms. The standard InChI is InChI=1S/C36H36Cl2O4S/c1-23-9-7-11-27(25(23)3)13-19-35(31-17-15-29(41-5)21-33(31)37)43(39,40)36(32-18-16-30(42-6)22-34(32)38)20-14-28-12-8-10-24(2)26(28)4/h7-22,35-36H,1-6H3/b19-13-,20-14-. The summed E-state index contributed by atoms with van der Waals surface area (Å²) in [5.41, 5.74) is 7.11. The molecule has 0 aromatic heterocycles. The van der Waals surface area contributed by atoms with Crippen LogP contribution < -0.4 is 9.47 Å². The number of hydrogen-bond acceptors (Lipinski definition) is 4. The second kappa shape index (κ2) is 13.9. The topological polar surface area (TPSA) is 52.6 Å². The Bertz CT molecular complexity index is 1670. The molecule has 0 saturated heterocycles. The van der Waals surface area contributed by atoms with Gasteiger partial charge in [-0.1, -0.05) is 96.0 Å². The van der Waals surface area contributed by atoms with Gasteiger partial charge in [-0.2, -0.15) is 0 Å². The van der Waals surface area contributed by atoms with Crippen molar-refractivity contribution in [3.05, 3.63) is 140 Å². The molecule has 0 heterocycles. The summed E-state index contributed by atoms with van der Waals surface area (Å²) in [5, 5.41) is -1.62. The summed E-state index contributed by atoms with van der Waals surface area (Å²) in [4.78, 5) is 0. The van der Waals surface area contributed by atoms with E-state index < -0.39 is 20.3 Å². The van der Waals surface area contributed by atoms with Crippen LogP contribution in [0.25, 0.3) is 12.2 Å². The van der Waals surface area contributed by atoms with Crippen molar-refractivity contribution in [3.63, 3.8) is 0 Å². The third kappa shape index (κ3) is 7.18. The van der Waals surface area contributed by atoms with E-state index in [0.29, 0.717) is 22.6 Å². The monoisotopic (exact) mass is 634 g/mol. The smallest absolute Gasteiger partial charge is 0.171 e. The lowest BCUT2D eigenvalue weighted by molar-refractivity contribution is 0.414. The molecule has 0 aliphatic heterocycles. The summed E-state index contributed by atoms with van der Waals surface area (Å²) >= 11 is 13.5. The number of sulfone groups is 1. The van der Waals surface area contributed by atoms with Gasteiger partial charge in [0.05, 0.1) is 14.2 Å². The van der Waals surface area contributed by atoms with Gasteiger partial charge in [0.2, 0.25) is 0 Å². The Kier molecular flexibility index (Phi) is 10.4. The first kappa shape index (κ1) is 32.4. The molecule has 0 amide bonds. The van der Waals surface area contributed by atoms with E-state index in [1.807, 2.05) is 76.2 Å². The number of aryl methyl sites for hydroxylation is 2. The molecule has 4 aromatic rings. The van der Waals surface area contributed by atoms with Crippen LogP contribution in [0.15, 0.2) is 84.9 Å². The van der Waals surface area contributed by atoms with Gasteiger partial charge in [0.15, 0.2) is 9.84 Å². The van der Waals surface area contributed by atoms with E-state index in [2.05, 4.69) is 0 Å². The highest BCUT2D eigenvalue weighted by molar-refractivity contribution is 7.92. The Morgan fingerprint density at radius 3 is 1.37 bits per heavy atom. The number of methoxy groups -OCH3 is 2. The van der Waals surface area contributed by atoms with E-state index in [-0.39, 0.29) is 10.0 Å². The lowest BCUT2D eigenvalue weighted by Gasteiger charge is -2.23. The van der Waals surface area contributed by atoms with Crippen molar-refractivity contribution in [2.24, 2.45) is 0 Å². The van der Waals surface area contributed by atoms with E-state index in [0.717, 1.165) is 33.4 Å². The molecule has 2 atom stereocenters. The van der Waals surface area contributed by atoms with Gasteiger partial charge in [-0.05, 0) is 96.5 Å². The molecular formula is C36H36Cl2O4S. The summed E-state index contributed by atoms with van der Waals surface area (Å²) in [6.45, 7) is 8.10. The second-order valence-electron chi connectivity index (χ2n) is 10.5. The van der Waals surface area contributed by atoms with Crippen molar-refractivity contribution in [1.82, 2.24) is 0 Å². The Labute approximate surface area is 265 Å². The molecule has 2 unspecified atom stereocenters. The molecule has 0 fully saturated rings. The number of halogens is 2. The molecule has 0 radical (unpaired) electrons. The van der Waals surface area contributed by atoms with Crippen LogP contribution in [-0.2, 0) is 9.84 Å². The Morgan fingerprint density at radius 1 is 0.628 bits per heavy atom. The molecule has 0 N–H and O–H groups in total. The fourth-order valence-corrected chi connectivity index (χ4v) is 7.70. The summed E-state index contributed by atoms with van der Waals surface area (Å²) in [6.07, 6.45) is 7.13. The molecular weight excluding hydrogens is 599 g/mol. The second-order valence-corrected chi connectivity index (χ2v) is 13.5. The van der Waals surface area contributed by atoms with Crippen LogP contribution in [0.3, 0.4) is 0 Å². The summed E-state index contributed by atoms with van der Waals surface area (Å²) in [7, 11) is -0.981. The van der Waals surface area contributed by atoms with E-state index in [9.17, 15) is 8.42 Å². The molecule has 7 heteroatoms. The zero-order chi connectivity index (χ0) is 31.3. The number of rotatable bonds is 10. The molecule has 224 valence electrons. The van der Waals surface area contributed by atoms with Gasteiger partial charge in [0.25, 0.3) is 0 Å². The highest BCUT2D eigenvalue weighted by Gasteiger charge is 2.36. The largest absolute Gasteiger partial charge is 0.497 e. The minimum atomic E-state index is -4.06. The minimum absolute atomic E-state index is 0.289. The van der Waals surface area contributed by atoms with E-state index in [1.165, 1.54) is 0 Å². The average Bonchev–Trinajstić information content (AvgIpc) is 2.98. The molecule has 0 bridgehead atoms. The minimum Gasteiger partial charge on any atom is -0.497 e. The van der Waals surface area contributed by atoms with Crippen LogP contribution in [0.5, 0.6) is 11.5 Å². The SMILES string of the molecule is COc1ccc(C(/C=C\c2cccc(C)c2C)S(=O)(=O)C(/C=C\c2cccc(C)c2C)c2ccc(OC)cc2Cl)c(Cl)c1. The van der Waals surface area contributed by atoms with Crippen molar-refractivity contribution in [1.29, 1.82) is 0 Å². The van der Waals surface area contributed by atoms with Crippen LogP contribution in [0, 0.1) is 27.7 Å². The molecule has 4 nitrogen and oxygen atoms in total. The van der Waals surface area contributed by atoms with Gasteiger partial charge in [0.1, 0.15) is 22.0 Å². The number of benzene rings is 4. The van der Waals surface area contributed by atoms with Crippen molar-refractivity contribution in [3.8, 4) is 11.5 Å². The lowest BCUT2D eigenvalue weighted by Crippen LogP contribution is -2.19. The molecule has 0 aliphatic carbocycles. The van der Waals surface area contributed by atoms with E-state index >= 15 is 0 Å². The van der Waals surface area contributed by atoms with Gasteiger partial charge in [-0.15, -0.1) is 0 Å². The van der Waals surface area contributed by atoms with Crippen molar-refractivity contribution in [2.45, 2.75) is 38.2 Å². The zero-order valence-corrected chi connectivity index (χ0v) is 27.5. The highest BCUT2D eigenvalue weighted by atomic mass is 35.5. The van der Waals surface area contributed by atoms with Crippen molar-refractivity contribution in [2.75, 3.05) is 14.2 Å². The maximum Gasteiger partial charge on any atom is 0.171 e. The molecule has 0 saturated carbocycles. The maximum absolute atomic E-state index is 14.9. The average molecular weight is 636 g/mol. The summed E-state index contributed by atoms with van der Waals surface area (Å²) < 4.78 is 40.5.